The minimum atomic E-state index is -0.109. The monoisotopic (exact) mass is 300 g/mol. The van der Waals surface area contributed by atoms with Gasteiger partial charge in [0.25, 0.3) is 0 Å². The third-order valence-corrected chi connectivity index (χ3v) is 7.30. The number of hydrogen-bond acceptors (Lipinski definition) is 2. The maximum atomic E-state index is 10.5. The van der Waals surface area contributed by atoms with Crippen molar-refractivity contribution in [1.82, 2.24) is 0 Å². The molecule has 1 aromatic carbocycles. The van der Waals surface area contributed by atoms with E-state index in [-0.39, 0.29) is 16.9 Å². The van der Waals surface area contributed by atoms with Crippen LogP contribution in [0, 0.1) is 17.3 Å². The number of benzene rings is 1. The molecule has 0 saturated heterocycles. The van der Waals surface area contributed by atoms with Crippen molar-refractivity contribution >= 4 is 0 Å². The summed E-state index contributed by atoms with van der Waals surface area (Å²) in [6.45, 7) is 6.96. The summed E-state index contributed by atoms with van der Waals surface area (Å²) in [5, 5.41) is 20.4. The molecule has 3 aliphatic carbocycles. The second kappa shape index (κ2) is 4.50. The van der Waals surface area contributed by atoms with Gasteiger partial charge in [0.15, 0.2) is 0 Å². The van der Waals surface area contributed by atoms with Crippen LogP contribution < -0.4 is 0 Å². The second-order valence-corrected chi connectivity index (χ2v) is 8.87. The van der Waals surface area contributed by atoms with E-state index in [1.54, 1.807) is 0 Å². The molecule has 1 aromatic rings. The lowest BCUT2D eigenvalue weighted by Crippen LogP contribution is -2.46. The highest BCUT2D eigenvalue weighted by atomic mass is 16.3. The summed E-state index contributed by atoms with van der Waals surface area (Å²) in [5.74, 6) is 2.35. The summed E-state index contributed by atoms with van der Waals surface area (Å²) in [4.78, 5) is 0. The molecule has 0 aromatic heterocycles. The average Bonchev–Trinajstić information content (AvgIpc) is 2.75. The van der Waals surface area contributed by atoms with Crippen LogP contribution in [0.1, 0.15) is 69.9 Å². The van der Waals surface area contributed by atoms with Gasteiger partial charge < -0.3 is 10.2 Å². The Balaban J connectivity index is 1.80. The average molecular weight is 300 g/mol. The Kier molecular flexibility index (Phi) is 2.98. The van der Waals surface area contributed by atoms with Crippen molar-refractivity contribution in [3.05, 3.63) is 29.3 Å². The number of aliphatic hydroxyl groups is 1. The molecule has 0 spiro atoms. The van der Waals surface area contributed by atoms with Crippen LogP contribution in [0.25, 0.3) is 0 Å². The minimum absolute atomic E-state index is 0.109. The summed E-state index contributed by atoms with van der Waals surface area (Å²) in [5.41, 5.74) is 3.05. The highest BCUT2D eigenvalue weighted by molar-refractivity contribution is 5.44. The van der Waals surface area contributed by atoms with Crippen LogP contribution >= 0.6 is 0 Å². The fraction of sp³-hybridized carbons (Fsp3) is 0.700. The van der Waals surface area contributed by atoms with E-state index in [0.29, 0.717) is 23.5 Å². The van der Waals surface area contributed by atoms with E-state index < -0.39 is 0 Å². The first kappa shape index (κ1) is 14.6. The summed E-state index contributed by atoms with van der Waals surface area (Å²) in [6, 6.07) is 6.01. The number of hydrogen-bond donors (Lipinski definition) is 2. The second-order valence-electron chi connectivity index (χ2n) is 8.87. The number of fused-ring (bicyclic) bond motifs is 5. The van der Waals surface area contributed by atoms with Crippen molar-refractivity contribution in [2.75, 3.05) is 0 Å². The van der Waals surface area contributed by atoms with Gasteiger partial charge in [0.05, 0.1) is 6.10 Å². The number of aromatic hydroxyl groups is 1. The zero-order valence-electron chi connectivity index (χ0n) is 14.0. The molecule has 2 nitrogen and oxygen atoms in total. The Morgan fingerprint density at radius 3 is 2.64 bits per heavy atom. The van der Waals surface area contributed by atoms with Gasteiger partial charge in [-0.1, -0.05) is 26.8 Å². The molecule has 0 unspecified atom stereocenters. The van der Waals surface area contributed by atoms with E-state index in [1.807, 2.05) is 12.1 Å². The van der Waals surface area contributed by atoms with Gasteiger partial charge in [-0.3, -0.25) is 0 Å². The first-order valence-corrected chi connectivity index (χ1v) is 8.84. The molecule has 0 aliphatic heterocycles. The molecule has 120 valence electrons. The first-order chi connectivity index (χ1) is 10.3. The van der Waals surface area contributed by atoms with Crippen molar-refractivity contribution < 1.29 is 10.2 Å². The van der Waals surface area contributed by atoms with Crippen molar-refractivity contribution in [1.29, 1.82) is 0 Å². The van der Waals surface area contributed by atoms with E-state index in [2.05, 4.69) is 26.8 Å². The fourth-order valence-corrected chi connectivity index (χ4v) is 6.08. The summed E-state index contributed by atoms with van der Waals surface area (Å²) >= 11 is 0. The summed E-state index contributed by atoms with van der Waals surface area (Å²) < 4.78 is 0. The van der Waals surface area contributed by atoms with Crippen LogP contribution in [0.15, 0.2) is 18.2 Å². The molecule has 4 rings (SSSR count). The minimum Gasteiger partial charge on any atom is -0.508 e. The molecule has 0 amide bonds. The van der Waals surface area contributed by atoms with Gasteiger partial charge in [-0.2, -0.15) is 0 Å². The smallest absolute Gasteiger partial charge is 0.115 e. The Labute approximate surface area is 133 Å². The van der Waals surface area contributed by atoms with Gasteiger partial charge in [-0.05, 0) is 83.9 Å². The van der Waals surface area contributed by atoms with Crippen LogP contribution in [0.2, 0.25) is 0 Å². The van der Waals surface area contributed by atoms with Crippen molar-refractivity contribution in [2.45, 2.75) is 70.3 Å². The van der Waals surface area contributed by atoms with Gasteiger partial charge in [0, 0.05) is 0 Å². The topological polar surface area (TPSA) is 40.5 Å². The third-order valence-electron chi connectivity index (χ3n) is 7.30. The number of rotatable bonds is 0. The zero-order chi connectivity index (χ0) is 15.7. The van der Waals surface area contributed by atoms with Crippen molar-refractivity contribution in [2.24, 2.45) is 17.3 Å². The number of phenolic OH excluding ortho intramolecular Hbond substituents is 1. The molecule has 2 fully saturated rings. The van der Waals surface area contributed by atoms with E-state index in [0.717, 1.165) is 12.8 Å². The quantitative estimate of drug-likeness (QED) is 0.748. The zero-order valence-corrected chi connectivity index (χ0v) is 14.0. The maximum Gasteiger partial charge on any atom is 0.115 e. The highest BCUT2D eigenvalue weighted by Crippen LogP contribution is 2.63. The molecule has 0 bridgehead atoms. The lowest BCUT2D eigenvalue weighted by Gasteiger charge is -2.53. The lowest BCUT2D eigenvalue weighted by molar-refractivity contribution is -0.0287. The molecule has 2 saturated carbocycles. The van der Waals surface area contributed by atoms with Gasteiger partial charge in [0.2, 0.25) is 0 Å². The molecule has 2 N–H and O–H groups in total. The molecule has 5 atom stereocenters. The Bertz CT molecular complexity index is 606. The van der Waals surface area contributed by atoms with E-state index >= 15 is 0 Å². The highest BCUT2D eigenvalue weighted by Gasteiger charge is 2.56. The fourth-order valence-electron chi connectivity index (χ4n) is 6.08. The number of phenols is 1. The largest absolute Gasteiger partial charge is 0.508 e. The van der Waals surface area contributed by atoms with Crippen LogP contribution in [-0.4, -0.2) is 16.3 Å². The van der Waals surface area contributed by atoms with Crippen LogP contribution in [0.4, 0.5) is 0 Å². The molecular formula is C20H28O2. The van der Waals surface area contributed by atoms with Crippen LogP contribution in [0.5, 0.6) is 5.75 Å². The van der Waals surface area contributed by atoms with E-state index in [9.17, 15) is 10.2 Å². The van der Waals surface area contributed by atoms with Crippen LogP contribution in [0.3, 0.4) is 0 Å². The molecule has 3 aliphatic rings. The normalized spacial score (nSPS) is 42.4. The molecule has 0 radical (unpaired) electrons. The predicted octanol–water partition coefficient (Wildman–Crippen LogP) is 4.34. The Morgan fingerprint density at radius 1 is 1.09 bits per heavy atom. The Morgan fingerprint density at radius 2 is 1.86 bits per heavy atom. The SMILES string of the molecule is CC1(C)C[C@@H]2[C@H](CC[C@]3(C)[C@@H](O)CC[C@@H]23)c2ccc(O)cc21. The third kappa shape index (κ3) is 1.83. The van der Waals surface area contributed by atoms with Gasteiger partial charge in [-0.25, -0.2) is 0 Å². The van der Waals surface area contributed by atoms with E-state index in [1.165, 1.54) is 30.4 Å². The first-order valence-electron chi connectivity index (χ1n) is 8.84. The molecule has 22 heavy (non-hydrogen) atoms. The predicted molar refractivity (Wildman–Crippen MR) is 88.1 cm³/mol. The number of aliphatic hydroxyl groups excluding tert-OH is 1. The molecular weight excluding hydrogens is 272 g/mol. The molecule has 2 heteroatoms. The standard InChI is InChI=1S/C20H28O2/c1-19(2)11-15-13(14-5-4-12(21)10-17(14)19)8-9-20(3)16(15)6-7-18(20)22/h4-5,10,13,15-16,18,21-22H,6-9,11H2,1-3H3/t13-,15-,16+,18+,20+/m1/s1. The van der Waals surface area contributed by atoms with Crippen molar-refractivity contribution in [3.8, 4) is 5.75 Å². The summed E-state index contributed by atoms with van der Waals surface area (Å²) in [6.07, 6.45) is 5.56. The van der Waals surface area contributed by atoms with Gasteiger partial charge in [-0.15, -0.1) is 0 Å². The Hall–Kier alpha value is -1.02. The summed E-state index contributed by atoms with van der Waals surface area (Å²) in [7, 11) is 0. The maximum absolute atomic E-state index is 10.5. The van der Waals surface area contributed by atoms with Gasteiger partial charge in [0.1, 0.15) is 5.75 Å². The lowest BCUT2D eigenvalue weighted by atomic mass is 9.51. The van der Waals surface area contributed by atoms with Gasteiger partial charge >= 0.3 is 0 Å². The van der Waals surface area contributed by atoms with Crippen LogP contribution in [-0.2, 0) is 5.41 Å². The van der Waals surface area contributed by atoms with Crippen molar-refractivity contribution in [3.63, 3.8) is 0 Å². The molecule has 0 heterocycles. The van der Waals surface area contributed by atoms with E-state index in [4.69, 9.17) is 0 Å².